The number of rotatable bonds is 5. The van der Waals surface area contributed by atoms with Gasteiger partial charge in [-0.15, -0.1) is 0 Å². The zero-order valence-corrected chi connectivity index (χ0v) is 14.7. The SMILES string of the molecule is CCNCc1cc(Br)ccc1Oc1ccc(C)cc1Br. The number of halogens is 2. The van der Waals surface area contributed by atoms with Gasteiger partial charge in [0.25, 0.3) is 0 Å². The molecule has 0 amide bonds. The maximum Gasteiger partial charge on any atom is 0.141 e. The van der Waals surface area contributed by atoms with Crippen molar-refractivity contribution in [2.75, 3.05) is 6.54 Å². The van der Waals surface area contributed by atoms with Crippen LogP contribution in [0.2, 0.25) is 0 Å². The minimum atomic E-state index is 0.786. The van der Waals surface area contributed by atoms with Gasteiger partial charge in [-0.25, -0.2) is 0 Å². The molecule has 0 radical (unpaired) electrons. The van der Waals surface area contributed by atoms with Crippen molar-refractivity contribution >= 4 is 31.9 Å². The first kappa shape index (κ1) is 15.5. The fourth-order valence-electron chi connectivity index (χ4n) is 1.85. The molecule has 0 atom stereocenters. The summed E-state index contributed by atoms with van der Waals surface area (Å²) in [6, 6.07) is 12.1. The topological polar surface area (TPSA) is 21.3 Å². The van der Waals surface area contributed by atoms with E-state index in [1.54, 1.807) is 0 Å². The van der Waals surface area contributed by atoms with Crippen molar-refractivity contribution in [2.24, 2.45) is 0 Å². The van der Waals surface area contributed by atoms with E-state index in [2.05, 4.69) is 63.2 Å². The molecule has 0 saturated heterocycles. The second-order valence-corrected chi connectivity index (χ2v) is 6.34. The van der Waals surface area contributed by atoms with E-state index in [9.17, 15) is 0 Å². The predicted molar refractivity (Wildman–Crippen MR) is 90.5 cm³/mol. The van der Waals surface area contributed by atoms with E-state index in [1.165, 1.54) is 5.56 Å². The van der Waals surface area contributed by atoms with Crippen molar-refractivity contribution in [1.82, 2.24) is 5.32 Å². The van der Waals surface area contributed by atoms with Crippen LogP contribution in [-0.2, 0) is 6.54 Å². The first-order chi connectivity index (χ1) is 9.60. The molecule has 0 heterocycles. The lowest BCUT2D eigenvalue weighted by molar-refractivity contribution is 0.470. The highest BCUT2D eigenvalue weighted by Crippen LogP contribution is 2.33. The van der Waals surface area contributed by atoms with Gasteiger partial charge in [0.15, 0.2) is 0 Å². The molecule has 106 valence electrons. The summed E-state index contributed by atoms with van der Waals surface area (Å²) in [5, 5.41) is 3.33. The summed E-state index contributed by atoms with van der Waals surface area (Å²) >= 11 is 7.05. The molecule has 0 fully saturated rings. The lowest BCUT2D eigenvalue weighted by Crippen LogP contribution is -2.12. The number of hydrogen-bond acceptors (Lipinski definition) is 2. The van der Waals surface area contributed by atoms with Crippen LogP contribution < -0.4 is 10.1 Å². The molecular formula is C16H17Br2NO. The summed E-state index contributed by atoms with van der Waals surface area (Å²) in [5.74, 6) is 1.70. The van der Waals surface area contributed by atoms with Crippen LogP contribution in [0, 0.1) is 6.92 Å². The summed E-state index contributed by atoms with van der Waals surface area (Å²) < 4.78 is 8.06. The molecule has 20 heavy (non-hydrogen) atoms. The monoisotopic (exact) mass is 397 g/mol. The molecule has 0 saturated carbocycles. The van der Waals surface area contributed by atoms with E-state index in [0.29, 0.717) is 0 Å². The largest absolute Gasteiger partial charge is 0.456 e. The third kappa shape index (κ3) is 4.08. The molecule has 0 aliphatic heterocycles. The van der Waals surface area contributed by atoms with Crippen LogP contribution in [0.25, 0.3) is 0 Å². The Labute approximate surface area is 136 Å². The Kier molecular flexibility index (Phi) is 5.64. The van der Waals surface area contributed by atoms with E-state index in [-0.39, 0.29) is 0 Å². The second kappa shape index (κ2) is 7.25. The van der Waals surface area contributed by atoms with Gasteiger partial charge in [0.2, 0.25) is 0 Å². The van der Waals surface area contributed by atoms with Gasteiger partial charge in [0.05, 0.1) is 4.47 Å². The zero-order valence-electron chi connectivity index (χ0n) is 11.5. The molecule has 0 aromatic heterocycles. The summed E-state index contributed by atoms with van der Waals surface area (Å²) in [6.45, 7) is 5.87. The maximum absolute atomic E-state index is 6.04. The quantitative estimate of drug-likeness (QED) is 0.725. The van der Waals surface area contributed by atoms with Crippen LogP contribution in [0.15, 0.2) is 45.3 Å². The molecule has 0 unspecified atom stereocenters. The average Bonchev–Trinajstić information content (AvgIpc) is 2.41. The molecule has 0 bridgehead atoms. The maximum atomic E-state index is 6.04. The van der Waals surface area contributed by atoms with Crippen molar-refractivity contribution in [3.63, 3.8) is 0 Å². The van der Waals surface area contributed by atoms with Crippen molar-refractivity contribution in [2.45, 2.75) is 20.4 Å². The molecule has 2 rings (SSSR count). The Hall–Kier alpha value is -0.840. The Morgan fingerprint density at radius 3 is 2.50 bits per heavy atom. The Morgan fingerprint density at radius 2 is 1.80 bits per heavy atom. The Morgan fingerprint density at radius 1 is 1.05 bits per heavy atom. The number of benzene rings is 2. The van der Waals surface area contributed by atoms with Crippen LogP contribution in [0.5, 0.6) is 11.5 Å². The molecule has 4 heteroatoms. The highest BCUT2D eigenvalue weighted by atomic mass is 79.9. The lowest BCUT2D eigenvalue weighted by atomic mass is 10.2. The summed E-state index contributed by atoms with van der Waals surface area (Å²) in [5.41, 5.74) is 2.33. The van der Waals surface area contributed by atoms with Crippen LogP contribution in [0.3, 0.4) is 0 Å². The fourth-order valence-corrected chi connectivity index (χ4v) is 2.84. The van der Waals surface area contributed by atoms with Gasteiger partial charge < -0.3 is 10.1 Å². The van der Waals surface area contributed by atoms with Crippen LogP contribution in [0.1, 0.15) is 18.1 Å². The standard InChI is InChI=1S/C16H17Br2NO/c1-3-19-10-12-9-13(17)5-7-15(12)20-16-6-4-11(2)8-14(16)18/h4-9,19H,3,10H2,1-2H3. The van der Waals surface area contributed by atoms with Gasteiger partial charge in [-0.1, -0.05) is 28.9 Å². The first-order valence-corrected chi connectivity index (χ1v) is 8.12. The highest BCUT2D eigenvalue weighted by Gasteiger charge is 2.08. The minimum Gasteiger partial charge on any atom is -0.456 e. The number of aryl methyl sites for hydroxylation is 1. The Bertz CT molecular complexity index is 599. The van der Waals surface area contributed by atoms with E-state index < -0.39 is 0 Å². The summed E-state index contributed by atoms with van der Waals surface area (Å²) in [7, 11) is 0. The molecule has 0 aliphatic rings. The average molecular weight is 399 g/mol. The number of ether oxygens (including phenoxy) is 1. The first-order valence-electron chi connectivity index (χ1n) is 6.53. The van der Waals surface area contributed by atoms with Crippen molar-refractivity contribution < 1.29 is 4.74 Å². The summed E-state index contributed by atoms with van der Waals surface area (Å²) in [6.07, 6.45) is 0. The lowest BCUT2D eigenvalue weighted by Gasteiger charge is -2.13. The van der Waals surface area contributed by atoms with Gasteiger partial charge in [-0.05, 0) is 65.3 Å². The van der Waals surface area contributed by atoms with Crippen molar-refractivity contribution in [3.8, 4) is 11.5 Å². The van der Waals surface area contributed by atoms with E-state index in [0.717, 1.165) is 39.1 Å². The third-order valence-electron chi connectivity index (χ3n) is 2.90. The number of hydrogen-bond donors (Lipinski definition) is 1. The third-order valence-corrected chi connectivity index (χ3v) is 4.01. The van der Waals surface area contributed by atoms with Crippen molar-refractivity contribution in [3.05, 3.63) is 56.5 Å². The van der Waals surface area contributed by atoms with E-state index in [1.807, 2.05) is 24.3 Å². The van der Waals surface area contributed by atoms with Crippen molar-refractivity contribution in [1.29, 1.82) is 0 Å². The molecule has 0 aliphatic carbocycles. The Balaban J connectivity index is 2.27. The fraction of sp³-hybridized carbons (Fsp3) is 0.250. The van der Waals surface area contributed by atoms with E-state index >= 15 is 0 Å². The van der Waals surface area contributed by atoms with Crippen LogP contribution >= 0.6 is 31.9 Å². The smallest absolute Gasteiger partial charge is 0.141 e. The second-order valence-electron chi connectivity index (χ2n) is 4.57. The molecule has 2 aromatic carbocycles. The summed E-state index contributed by atoms with van der Waals surface area (Å²) in [4.78, 5) is 0. The van der Waals surface area contributed by atoms with Crippen LogP contribution in [0.4, 0.5) is 0 Å². The van der Waals surface area contributed by atoms with Gasteiger partial charge >= 0.3 is 0 Å². The normalized spacial score (nSPS) is 10.6. The van der Waals surface area contributed by atoms with Gasteiger partial charge in [0, 0.05) is 16.6 Å². The van der Waals surface area contributed by atoms with Crippen LogP contribution in [-0.4, -0.2) is 6.54 Å². The molecule has 2 nitrogen and oxygen atoms in total. The number of nitrogens with one attached hydrogen (secondary N) is 1. The molecule has 0 spiro atoms. The minimum absolute atomic E-state index is 0.786. The van der Waals surface area contributed by atoms with Gasteiger partial charge in [-0.2, -0.15) is 0 Å². The molecular weight excluding hydrogens is 382 g/mol. The highest BCUT2D eigenvalue weighted by molar-refractivity contribution is 9.10. The predicted octanol–water partition coefficient (Wildman–Crippen LogP) is 5.42. The molecule has 1 N–H and O–H groups in total. The van der Waals surface area contributed by atoms with Gasteiger partial charge in [0.1, 0.15) is 11.5 Å². The van der Waals surface area contributed by atoms with Gasteiger partial charge in [-0.3, -0.25) is 0 Å². The van der Waals surface area contributed by atoms with E-state index in [4.69, 9.17) is 4.74 Å². The zero-order chi connectivity index (χ0) is 14.5. The molecule has 2 aromatic rings.